The highest BCUT2D eigenvalue weighted by molar-refractivity contribution is 7.71. The molecular weight excluding hydrogens is 295 g/mol. The number of aromatic amines is 1. The third-order valence-electron chi connectivity index (χ3n) is 3.42. The Balaban J connectivity index is 2.18. The second-order valence-corrected chi connectivity index (χ2v) is 5.51. The summed E-state index contributed by atoms with van der Waals surface area (Å²) in [6.07, 6.45) is 0. The Labute approximate surface area is 125 Å². The molecule has 1 unspecified atom stereocenters. The number of rotatable bonds is 2. The lowest BCUT2D eigenvalue weighted by molar-refractivity contribution is 0.618. The number of fused-ring (bicyclic) bond motifs is 1. The molecule has 3 rings (SSSR count). The van der Waals surface area contributed by atoms with Gasteiger partial charge in [-0.25, -0.2) is 4.39 Å². The van der Waals surface area contributed by atoms with Crippen molar-refractivity contribution in [2.24, 2.45) is 0 Å². The summed E-state index contributed by atoms with van der Waals surface area (Å²) in [5.74, 6) is -0.244. The normalized spacial score (nSPS) is 12.8. The van der Waals surface area contributed by atoms with E-state index in [4.69, 9.17) is 23.8 Å². The van der Waals surface area contributed by atoms with Crippen LogP contribution >= 0.6 is 23.8 Å². The molecule has 0 amide bonds. The molecule has 2 aromatic carbocycles. The molecule has 1 heterocycles. The van der Waals surface area contributed by atoms with Crippen molar-refractivity contribution in [3.05, 3.63) is 63.6 Å². The third-order valence-corrected chi connectivity index (χ3v) is 3.95. The highest BCUT2D eigenvalue weighted by atomic mass is 35.5. The third kappa shape index (κ3) is 2.25. The van der Waals surface area contributed by atoms with Crippen LogP contribution in [0.4, 0.5) is 4.39 Å². The number of nitrogens with zero attached hydrogens (tertiary/aromatic N) is 1. The van der Waals surface area contributed by atoms with Gasteiger partial charge >= 0.3 is 0 Å². The van der Waals surface area contributed by atoms with Gasteiger partial charge in [0.2, 0.25) is 0 Å². The Bertz CT molecular complexity index is 820. The Morgan fingerprint density at radius 1 is 1.20 bits per heavy atom. The van der Waals surface area contributed by atoms with E-state index < -0.39 is 0 Å². The molecule has 0 saturated heterocycles. The first-order valence-corrected chi connectivity index (χ1v) is 7.00. The molecule has 0 aliphatic carbocycles. The average molecular weight is 307 g/mol. The van der Waals surface area contributed by atoms with E-state index in [9.17, 15) is 4.39 Å². The summed E-state index contributed by atoms with van der Waals surface area (Å²) >= 11 is 11.4. The first-order valence-electron chi connectivity index (χ1n) is 6.21. The molecule has 20 heavy (non-hydrogen) atoms. The van der Waals surface area contributed by atoms with Crippen LogP contribution in [-0.2, 0) is 0 Å². The van der Waals surface area contributed by atoms with Crippen molar-refractivity contribution in [3.63, 3.8) is 0 Å². The molecule has 0 aliphatic rings. The minimum Gasteiger partial charge on any atom is -0.331 e. The lowest BCUT2D eigenvalue weighted by atomic mass is 10.1. The van der Waals surface area contributed by atoms with Gasteiger partial charge < -0.3 is 9.55 Å². The maximum atomic E-state index is 13.0. The average Bonchev–Trinajstić information content (AvgIpc) is 2.74. The number of benzene rings is 2. The summed E-state index contributed by atoms with van der Waals surface area (Å²) < 4.78 is 15.6. The summed E-state index contributed by atoms with van der Waals surface area (Å²) in [6.45, 7) is 2.03. The fraction of sp³-hybridized carbons (Fsp3) is 0.133. The minimum absolute atomic E-state index is 0.00434. The second-order valence-electron chi connectivity index (χ2n) is 4.69. The predicted octanol–water partition coefficient (Wildman–Crippen LogP) is 5.10. The van der Waals surface area contributed by atoms with Gasteiger partial charge in [0.25, 0.3) is 0 Å². The quantitative estimate of drug-likeness (QED) is 0.653. The number of halogens is 2. The number of hydrogen-bond acceptors (Lipinski definition) is 1. The molecule has 102 valence electrons. The van der Waals surface area contributed by atoms with Crippen molar-refractivity contribution in [3.8, 4) is 0 Å². The number of hydrogen-bond donors (Lipinski definition) is 1. The fourth-order valence-corrected chi connectivity index (χ4v) is 2.90. The molecule has 0 bridgehead atoms. The van der Waals surface area contributed by atoms with Crippen molar-refractivity contribution in [2.45, 2.75) is 13.0 Å². The first-order chi connectivity index (χ1) is 9.56. The van der Waals surface area contributed by atoms with Crippen molar-refractivity contribution in [2.75, 3.05) is 0 Å². The molecule has 0 fully saturated rings. The molecule has 2 nitrogen and oxygen atoms in total. The summed E-state index contributed by atoms with van der Waals surface area (Å²) in [5, 5.41) is 0.659. The summed E-state index contributed by atoms with van der Waals surface area (Å²) in [5.41, 5.74) is 2.87. The highest BCUT2D eigenvalue weighted by Gasteiger charge is 2.13. The van der Waals surface area contributed by atoms with Gasteiger partial charge in [-0.2, -0.15) is 0 Å². The predicted molar refractivity (Wildman–Crippen MR) is 82.3 cm³/mol. The highest BCUT2D eigenvalue weighted by Crippen LogP contribution is 2.26. The van der Waals surface area contributed by atoms with Gasteiger partial charge in [-0.1, -0.05) is 23.7 Å². The van der Waals surface area contributed by atoms with E-state index in [0.29, 0.717) is 9.79 Å². The maximum Gasteiger partial charge on any atom is 0.178 e. The van der Waals surface area contributed by atoms with Crippen LogP contribution < -0.4 is 0 Å². The standard InChI is InChI=1S/C15H12ClFN2S/c1-9(10-2-5-12(17)6-3-10)19-14-8-11(16)4-7-13(14)18-15(19)20/h2-9H,1H3,(H,18,20). The fourth-order valence-electron chi connectivity index (χ4n) is 2.37. The minimum atomic E-state index is -0.244. The van der Waals surface area contributed by atoms with Gasteiger partial charge in [0, 0.05) is 5.02 Å². The van der Waals surface area contributed by atoms with E-state index in [1.807, 2.05) is 29.7 Å². The molecular formula is C15H12ClFN2S. The van der Waals surface area contributed by atoms with E-state index in [-0.39, 0.29) is 11.9 Å². The van der Waals surface area contributed by atoms with E-state index in [2.05, 4.69) is 4.98 Å². The van der Waals surface area contributed by atoms with Crippen LogP contribution in [0.5, 0.6) is 0 Å². The number of H-pyrrole nitrogens is 1. The molecule has 0 aliphatic heterocycles. The number of aromatic nitrogens is 2. The van der Waals surface area contributed by atoms with Gasteiger partial charge in [-0.05, 0) is 55.0 Å². The largest absolute Gasteiger partial charge is 0.331 e. The van der Waals surface area contributed by atoms with Crippen molar-refractivity contribution in [1.82, 2.24) is 9.55 Å². The van der Waals surface area contributed by atoms with Gasteiger partial charge in [-0.15, -0.1) is 0 Å². The van der Waals surface area contributed by atoms with E-state index >= 15 is 0 Å². The zero-order valence-corrected chi connectivity index (χ0v) is 12.3. The van der Waals surface area contributed by atoms with Crippen LogP contribution in [0.1, 0.15) is 18.5 Å². The number of nitrogens with one attached hydrogen (secondary N) is 1. The Kier molecular flexibility index (Phi) is 3.36. The van der Waals surface area contributed by atoms with E-state index in [0.717, 1.165) is 16.6 Å². The van der Waals surface area contributed by atoms with Crippen LogP contribution in [-0.4, -0.2) is 9.55 Å². The van der Waals surface area contributed by atoms with Crippen LogP contribution in [0.15, 0.2) is 42.5 Å². The molecule has 5 heteroatoms. The van der Waals surface area contributed by atoms with Crippen LogP contribution in [0.25, 0.3) is 11.0 Å². The smallest absolute Gasteiger partial charge is 0.178 e. The molecule has 3 aromatic rings. The summed E-state index contributed by atoms with van der Waals surface area (Å²) in [6, 6.07) is 12.0. The Hall–Kier alpha value is -1.65. The van der Waals surface area contributed by atoms with Crippen molar-refractivity contribution < 1.29 is 4.39 Å². The molecule has 1 atom stereocenters. The van der Waals surface area contributed by atoms with Gasteiger partial charge in [0.15, 0.2) is 4.77 Å². The van der Waals surface area contributed by atoms with Crippen molar-refractivity contribution >= 4 is 34.9 Å². The van der Waals surface area contributed by atoms with E-state index in [1.54, 1.807) is 12.1 Å². The molecule has 0 spiro atoms. The Morgan fingerprint density at radius 3 is 2.60 bits per heavy atom. The maximum absolute atomic E-state index is 13.0. The number of imidazole rings is 1. The van der Waals surface area contributed by atoms with Gasteiger partial charge in [-0.3, -0.25) is 0 Å². The van der Waals surface area contributed by atoms with Crippen LogP contribution in [0, 0.1) is 10.6 Å². The SMILES string of the molecule is CC(c1ccc(F)cc1)n1c(=S)[nH]c2ccc(Cl)cc21. The molecule has 1 N–H and O–H groups in total. The van der Waals surface area contributed by atoms with E-state index in [1.165, 1.54) is 12.1 Å². The monoisotopic (exact) mass is 306 g/mol. The topological polar surface area (TPSA) is 20.7 Å². The second kappa shape index (κ2) is 5.04. The lowest BCUT2D eigenvalue weighted by Gasteiger charge is -2.15. The van der Waals surface area contributed by atoms with Gasteiger partial charge in [0.05, 0.1) is 17.1 Å². The van der Waals surface area contributed by atoms with Gasteiger partial charge in [0.1, 0.15) is 5.82 Å². The molecule has 0 radical (unpaired) electrons. The summed E-state index contributed by atoms with van der Waals surface area (Å²) in [7, 11) is 0. The molecule has 0 saturated carbocycles. The van der Waals surface area contributed by atoms with Crippen molar-refractivity contribution in [1.29, 1.82) is 0 Å². The van der Waals surface area contributed by atoms with Crippen LogP contribution in [0.2, 0.25) is 5.02 Å². The lowest BCUT2D eigenvalue weighted by Crippen LogP contribution is -2.06. The molecule has 1 aromatic heterocycles. The zero-order valence-electron chi connectivity index (χ0n) is 10.7. The van der Waals surface area contributed by atoms with Crippen LogP contribution in [0.3, 0.4) is 0 Å². The summed E-state index contributed by atoms with van der Waals surface area (Å²) in [4.78, 5) is 3.16. The Morgan fingerprint density at radius 2 is 1.90 bits per heavy atom. The zero-order chi connectivity index (χ0) is 14.3. The first kappa shape index (κ1) is 13.3.